The van der Waals surface area contributed by atoms with Crippen molar-refractivity contribution in [3.05, 3.63) is 60.2 Å². The molecule has 120 valence electrons. The number of benzene rings is 2. The first kappa shape index (κ1) is 15.7. The molecule has 0 N–H and O–H groups in total. The Hall–Kier alpha value is -2.14. The number of aryl methyl sites for hydroxylation is 1. The van der Waals surface area contributed by atoms with Crippen molar-refractivity contribution < 1.29 is 13.2 Å². The van der Waals surface area contributed by atoms with E-state index in [-0.39, 0.29) is 10.8 Å². The molecule has 23 heavy (non-hydrogen) atoms. The molecular formula is C18H19NO3S. The van der Waals surface area contributed by atoms with E-state index in [1.807, 2.05) is 24.3 Å². The van der Waals surface area contributed by atoms with Crippen LogP contribution in [0.4, 0.5) is 5.69 Å². The van der Waals surface area contributed by atoms with Gasteiger partial charge in [-0.1, -0.05) is 36.4 Å². The number of fused-ring (bicyclic) bond motifs is 1. The molecule has 2 aromatic carbocycles. The molecule has 5 heteroatoms. The number of sulfone groups is 1. The van der Waals surface area contributed by atoms with Gasteiger partial charge >= 0.3 is 0 Å². The first-order chi connectivity index (χ1) is 11.0. The number of amides is 1. The third kappa shape index (κ3) is 2.88. The summed E-state index contributed by atoms with van der Waals surface area (Å²) in [5, 5.41) is -1.10. The van der Waals surface area contributed by atoms with Crippen molar-refractivity contribution in [2.24, 2.45) is 0 Å². The van der Waals surface area contributed by atoms with Crippen molar-refractivity contribution >= 4 is 21.4 Å². The van der Waals surface area contributed by atoms with Crippen LogP contribution in [-0.4, -0.2) is 26.1 Å². The van der Waals surface area contributed by atoms with Gasteiger partial charge in [0.05, 0.1) is 4.90 Å². The van der Waals surface area contributed by atoms with E-state index >= 15 is 0 Å². The van der Waals surface area contributed by atoms with Crippen LogP contribution in [0.15, 0.2) is 59.5 Å². The van der Waals surface area contributed by atoms with Crippen molar-refractivity contribution in [3.63, 3.8) is 0 Å². The van der Waals surface area contributed by atoms with Gasteiger partial charge in [-0.3, -0.25) is 4.79 Å². The molecule has 0 bridgehead atoms. The predicted molar refractivity (Wildman–Crippen MR) is 90.2 cm³/mol. The number of hydrogen-bond acceptors (Lipinski definition) is 3. The smallest absolute Gasteiger partial charge is 0.245 e. The summed E-state index contributed by atoms with van der Waals surface area (Å²) in [7, 11) is -3.68. The fourth-order valence-corrected chi connectivity index (χ4v) is 4.27. The maximum absolute atomic E-state index is 12.8. The molecule has 0 fully saturated rings. The van der Waals surface area contributed by atoms with Crippen molar-refractivity contribution in [1.29, 1.82) is 0 Å². The van der Waals surface area contributed by atoms with Gasteiger partial charge < -0.3 is 4.90 Å². The average Bonchev–Trinajstić information content (AvgIpc) is 2.60. The first-order valence-corrected chi connectivity index (χ1v) is 9.24. The Morgan fingerprint density at radius 1 is 1.04 bits per heavy atom. The minimum absolute atomic E-state index is 0.186. The molecule has 2 aromatic rings. The van der Waals surface area contributed by atoms with Crippen LogP contribution in [0.25, 0.3) is 0 Å². The van der Waals surface area contributed by atoms with Gasteiger partial charge in [0.2, 0.25) is 5.91 Å². The lowest BCUT2D eigenvalue weighted by molar-refractivity contribution is -0.118. The Morgan fingerprint density at radius 2 is 1.70 bits per heavy atom. The van der Waals surface area contributed by atoms with Crippen molar-refractivity contribution in [3.8, 4) is 0 Å². The highest BCUT2D eigenvalue weighted by atomic mass is 32.2. The molecule has 1 atom stereocenters. The standard InChI is InChI=1S/C18H19NO3S/c1-14(23(21,22)16-10-3-2-4-11-16)18(20)19-13-7-9-15-8-5-6-12-17(15)19/h2-6,8,10-12,14H,7,9,13H2,1H3. The molecule has 0 saturated carbocycles. The number of rotatable bonds is 3. The van der Waals surface area contributed by atoms with Gasteiger partial charge in [-0.25, -0.2) is 8.42 Å². The van der Waals surface area contributed by atoms with Gasteiger partial charge in [0.15, 0.2) is 9.84 Å². The first-order valence-electron chi connectivity index (χ1n) is 7.70. The number of hydrogen-bond donors (Lipinski definition) is 0. The number of carbonyl (C=O) groups excluding carboxylic acids is 1. The van der Waals surface area contributed by atoms with E-state index in [2.05, 4.69) is 0 Å². The van der Waals surface area contributed by atoms with Crippen LogP contribution in [0.2, 0.25) is 0 Å². The third-order valence-corrected chi connectivity index (χ3v) is 6.32. The van der Waals surface area contributed by atoms with Crippen LogP contribution in [0.3, 0.4) is 0 Å². The van der Waals surface area contributed by atoms with Gasteiger partial charge in [-0.15, -0.1) is 0 Å². The zero-order chi connectivity index (χ0) is 16.4. The minimum atomic E-state index is -3.68. The number of nitrogens with zero attached hydrogens (tertiary/aromatic N) is 1. The summed E-state index contributed by atoms with van der Waals surface area (Å²) in [6.45, 7) is 2.03. The van der Waals surface area contributed by atoms with E-state index in [9.17, 15) is 13.2 Å². The van der Waals surface area contributed by atoms with E-state index in [1.165, 1.54) is 19.1 Å². The number of para-hydroxylation sites is 1. The molecule has 1 aliphatic heterocycles. The predicted octanol–water partition coefficient (Wildman–Crippen LogP) is 2.83. The van der Waals surface area contributed by atoms with Gasteiger partial charge in [0.1, 0.15) is 5.25 Å². The Morgan fingerprint density at radius 3 is 2.43 bits per heavy atom. The largest absolute Gasteiger partial charge is 0.311 e. The molecule has 1 heterocycles. The quantitative estimate of drug-likeness (QED) is 0.870. The molecule has 1 unspecified atom stereocenters. The van der Waals surface area contributed by atoms with Crippen LogP contribution in [-0.2, 0) is 21.1 Å². The molecule has 0 aliphatic carbocycles. The van der Waals surface area contributed by atoms with Crippen LogP contribution in [0.5, 0.6) is 0 Å². The van der Waals surface area contributed by atoms with E-state index in [0.29, 0.717) is 6.54 Å². The minimum Gasteiger partial charge on any atom is -0.311 e. The summed E-state index contributed by atoms with van der Waals surface area (Å²) in [6, 6.07) is 15.8. The van der Waals surface area contributed by atoms with E-state index < -0.39 is 15.1 Å². The highest BCUT2D eigenvalue weighted by molar-refractivity contribution is 7.92. The summed E-state index contributed by atoms with van der Waals surface area (Å²) >= 11 is 0. The van der Waals surface area contributed by atoms with Gasteiger partial charge in [0, 0.05) is 12.2 Å². The van der Waals surface area contributed by atoms with Crippen molar-refractivity contribution in [1.82, 2.24) is 0 Å². The summed E-state index contributed by atoms with van der Waals surface area (Å²) in [6.07, 6.45) is 1.76. The van der Waals surface area contributed by atoms with Crippen LogP contribution in [0, 0.1) is 0 Å². The number of anilines is 1. The Balaban J connectivity index is 1.92. The molecule has 1 amide bonds. The molecule has 0 aromatic heterocycles. The maximum atomic E-state index is 12.8. The summed E-state index contributed by atoms with van der Waals surface area (Å²) < 4.78 is 25.4. The fourth-order valence-electron chi connectivity index (χ4n) is 2.93. The second kappa shape index (κ2) is 6.16. The van der Waals surface area contributed by atoms with Crippen LogP contribution < -0.4 is 4.90 Å². The molecule has 4 nitrogen and oxygen atoms in total. The zero-order valence-corrected chi connectivity index (χ0v) is 13.8. The van der Waals surface area contributed by atoms with Crippen molar-refractivity contribution in [2.45, 2.75) is 29.9 Å². The summed E-state index contributed by atoms with van der Waals surface area (Å²) in [5.41, 5.74) is 1.93. The van der Waals surface area contributed by atoms with E-state index in [0.717, 1.165) is 24.1 Å². The molecule has 1 aliphatic rings. The van der Waals surface area contributed by atoms with Gasteiger partial charge in [-0.2, -0.15) is 0 Å². The highest BCUT2D eigenvalue weighted by Crippen LogP contribution is 2.28. The zero-order valence-electron chi connectivity index (χ0n) is 13.0. The third-order valence-electron chi connectivity index (χ3n) is 4.26. The second-order valence-electron chi connectivity index (χ2n) is 5.72. The average molecular weight is 329 g/mol. The van der Waals surface area contributed by atoms with Gasteiger partial charge in [-0.05, 0) is 43.5 Å². The van der Waals surface area contributed by atoms with Crippen molar-refractivity contribution in [2.75, 3.05) is 11.4 Å². The molecule has 3 rings (SSSR count). The van der Waals surface area contributed by atoms with Crippen LogP contribution >= 0.6 is 0 Å². The Bertz CT molecular complexity index is 815. The monoisotopic (exact) mass is 329 g/mol. The lowest BCUT2D eigenvalue weighted by Crippen LogP contribution is -2.44. The van der Waals surface area contributed by atoms with E-state index in [1.54, 1.807) is 23.1 Å². The molecule has 0 saturated heterocycles. The fraction of sp³-hybridized carbons (Fsp3) is 0.278. The maximum Gasteiger partial charge on any atom is 0.245 e. The molecule has 0 spiro atoms. The topological polar surface area (TPSA) is 54.5 Å². The van der Waals surface area contributed by atoms with E-state index in [4.69, 9.17) is 0 Å². The molecule has 0 radical (unpaired) electrons. The second-order valence-corrected chi connectivity index (χ2v) is 7.99. The molecular weight excluding hydrogens is 310 g/mol. The SMILES string of the molecule is CC(C(=O)N1CCCc2ccccc21)S(=O)(=O)c1ccccc1. The highest BCUT2D eigenvalue weighted by Gasteiger charge is 2.34. The summed E-state index contributed by atoms with van der Waals surface area (Å²) in [4.78, 5) is 14.6. The van der Waals surface area contributed by atoms with Gasteiger partial charge in [0.25, 0.3) is 0 Å². The lowest BCUT2D eigenvalue weighted by atomic mass is 10.0. The summed E-state index contributed by atoms with van der Waals surface area (Å²) in [5.74, 6) is -0.360. The lowest BCUT2D eigenvalue weighted by Gasteiger charge is -2.31. The Kier molecular flexibility index (Phi) is 4.22. The normalized spacial score (nSPS) is 15.8. The van der Waals surface area contributed by atoms with Crippen LogP contribution in [0.1, 0.15) is 18.9 Å². The Labute approximate surface area is 136 Å². The number of carbonyl (C=O) groups is 1.